The van der Waals surface area contributed by atoms with Crippen LogP contribution < -0.4 is 26.6 Å². The Morgan fingerprint density at radius 3 is 1.30 bits per heavy atom. The molecule has 0 aromatic heterocycles. The summed E-state index contributed by atoms with van der Waals surface area (Å²) in [6.45, 7) is 4.74. The topological polar surface area (TPSA) is 204 Å². The van der Waals surface area contributed by atoms with Gasteiger partial charge >= 0.3 is 30.0 Å². The van der Waals surface area contributed by atoms with E-state index >= 15 is 0 Å². The summed E-state index contributed by atoms with van der Waals surface area (Å²) in [6.07, 6.45) is 3.70. The largest absolute Gasteiger partial charge is 0.478 e. The van der Waals surface area contributed by atoms with Crippen molar-refractivity contribution in [3.05, 3.63) is 210 Å². The molecular formula is C58H63Cl3N6O9. The van der Waals surface area contributed by atoms with Gasteiger partial charge in [0.1, 0.15) is 6.54 Å². The van der Waals surface area contributed by atoms with E-state index < -0.39 is 11.9 Å². The fraction of sp³-hybridized carbons (Fsp3) is 0.276. The summed E-state index contributed by atoms with van der Waals surface area (Å²) in [5.41, 5.74) is 11.1. The number of carboxylic acids is 1. The van der Waals surface area contributed by atoms with Crippen LogP contribution in [0, 0.1) is 0 Å². The fourth-order valence-corrected chi connectivity index (χ4v) is 9.26. The molecular weight excluding hydrogens is 1030 g/mol. The number of esters is 2. The van der Waals surface area contributed by atoms with Crippen LogP contribution in [0.15, 0.2) is 133 Å². The molecule has 0 spiro atoms. The average Bonchev–Trinajstić information content (AvgIpc) is 3.66. The van der Waals surface area contributed by atoms with Gasteiger partial charge in [-0.05, 0) is 126 Å². The maximum Gasteiger partial charge on any atom is 0.335 e. The van der Waals surface area contributed by atoms with Crippen LogP contribution in [-0.4, -0.2) is 86.3 Å². The molecule has 0 aliphatic heterocycles. The molecule has 0 unspecified atom stereocenters. The molecule has 0 saturated carbocycles. The van der Waals surface area contributed by atoms with Crippen molar-refractivity contribution in [2.24, 2.45) is 0 Å². The second-order valence-corrected chi connectivity index (χ2v) is 18.3. The van der Waals surface area contributed by atoms with Crippen LogP contribution in [0.25, 0.3) is 0 Å². The summed E-state index contributed by atoms with van der Waals surface area (Å²) >= 11 is 12.6. The first-order valence-electron chi connectivity index (χ1n) is 24.6. The standard InChI is InChI=1S/C29H30ClN3O4.C24H21ClN2O3.C5H11NO2.ClH/c1-3-37-26(34)18-33(2)28(35)21-14-15-22(25(30)16-21)17-31-29(36)32-27-23-10-6-4-8-19(23)12-13-20-9-5-7-11-24(20)27;25-21-13-17(23(28)29)11-12-18(21)14-26-24(30)27-22-19-7-3-1-5-15(19)9-10-16-6-2-4-8-20(16)22;1-3-8-5(7)4-6-2;/h4-11,14-16,27H,3,12-13,17-18H2,1-2H3,(H2,31,32,36);1-8,11-13,22H,9-10,14H2,(H,28,29)(H2,26,27,30);6H,3-4H2,1-2H3;1H. The van der Waals surface area contributed by atoms with Crippen molar-refractivity contribution in [3.8, 4) is 0 Å². The van der Waals surface area contributed by atoms with Gasteiger partial charge in [-0.25, -0.2) is 14.4 Å². The maximum absolute atomic E-state index is 13.0. The predicted octanol–water partition coefficient (Wildman–Crippen LogP) is 9.58. The van der Waals surface area contributed by atoms with Crippen LogP contribution in [0.1, 0.15) is 102 Å². The Bertz CT molecular complexity index is 2890. The Labute approximate surface area is 459 Å². The molecule has 0 fully saturated rings. The Morgan fingerprint density at radius 1 is 0.566 bits per heavy atom. The molecule has 6 N–H and O–H groups in total. The molecule has 6 aromatic rings. The third-order valence-electron chi connectivity index (χ3n) is 12.5. The number of fused-ring (bicyclic) bond motifs is 4. The van der Waals surface area contributed by atoms with E-state index in [9.17, 15) is 28.8 Å². The van der Waals surface area contributed by atoms with Gasteiger partial charge < -0.3 is 46.1 Å². The minimum Gasteiger partial charge on any atom is -0.478 e. The van der Waals surface area contributed by atoms with Gasteiger partial charge in [-0.3, -0.25) is 14.4 Å². The van der Waals surface area contributed by atoms with Gasteiger partial charge in [0, 0.05) is 35.7 Å². The lowest BCUT2D eigenvalue weighted by Gasteiger charge is -2.22. The summed E-state index contributed by atoms with van der Waals surface area (Å²) in [5, 5.41) is 24.3. The Kier molecular flexibility index (Phi) is 23.2. The number of amides is 5. The molecule has 0 saturated heterocycles. The van der Waals surface area contributed by atoms with Crippen molar-refractivity contribution in [2.45, 2.75) is 64.7 Å². The van der Waals surface area contributed by atoms with Crippen molar-refractivity contribution in [3.63, 3.8) is 0 Å². The zero-order valence-electron chi connectivity index (χ0n) is 42.8. The molecule has 5 amide bonds. The highest BCUT2D eigenvalue weighted by Crippen LogP contribution is 2.34. The van der Waals surface area contributed by atoms with Gasteiger partial charge in [0.05, 0.1) is 37.4 Å². The summed E-state index contributed by atoms with van der Waals surface area (Å²) in [5.74, 6) is -2.07. The monoisotopic (exact) mass is 1090 g/mol. The minimum absolute atomic E-state index is 0. The summed E-state index contributed by atoms with van der Waals surface area (Å²) < 4.78 is 9.47. The van der Waals surface area contributed by atoms with E-state index in [1.54, 1.807) is 39.1 Å². The number of nitrogens with zero attached hydrogens (tertiary/aromatic N) is 1. The van der Waals surface area contributed by atoms with Crippen molar-refractivity contribution < 1.29 is 43.3 Å². The molecule has 76 heavy (non-hydrogen) atoms. The van der Waals surface area contributed by atoms with Crippen molar-refractivity contribution in [2.75, 3.05) is 40.4 Å². The van der Waals surface area contributed by atoms with E-state index in [0.717, 1.165) is 47.9 Å². The molecule has 0 radical (unpaired) electrons. The molecule has 0 atom stereocenters. The summed E-state index contributed by atoms with van der Waals surface area (Å²) in [7, 11) is 3.23. The van der Waals surface area contributed by atoms with Gasteiger partial charge in [-0.1, -0.05) is 132 Å². The van der Waals surface area contributed by atoms with E-state index in [1.165, 1.54) is 52.4 Å². The average molecular weight is 1090 g/mol. The molecule has 0 heterocycles. The Hall–Kier alpha value is -7.43. The van der Waals surface area contributed by atoms with Crippen molar-refractivity contribution in [1.82, 2.24) is 31.5 Å². The number of nitrogens with one attached hydrogen (secondary N) is 5. The molecule has 400 valence electrons. The molecule has 2 aliphatic carbocycles. The SMILES string of the molecule is CCOC(=O)CN(C)C(=O)c1ccc(CNC(=O)NC2c3ccccc3CCc3ccccc32)c(Cl)c1.CCOC(=O)CNC.Cl.O=C(NCc1ccc(C(=O)O)cc1Cl)NC1c2ccccc2CCc2ccccc21. The van der Waals surface area contributed by atoms with Crippen LogP contribution in [-0.2, 0) is 57.8 Å². The second-order valence-electron chi connectivity index (χ2n) is 17.5. The number of urea groups is 2. The molecule has 2 aliphatic rings. The fourth-order valence-electron chi connectivity index (χ4n) is 8.77. The first-order chi connectivity index (χ1) is 36.2. The van der Waals surface area contributed by atoms with Crippen molar-refractivity contribution >= 4 is 71.5 Å². The van der Waals surface area contributed by atoms with Gasteiger partial charge in [0.2, 0.25) is 0 Å². The first-order valence-corrected chi connectivity index (χ1v) is 25.4. The lowest BCUT2D eigenvalue weighted by Crippen LogP contribution is -2.38. The quantitative estimate of drug-likeness (QED) is 0.0570. The number of ether oxygens (including phenoxy) is 2. The van der Waals surface area contributed by atoms with Gasteiger partial charge in [0.15, 0.2) is 0 Å². The van der Waals surface area contributed by atoms with E-state index in [0.29, 0.717) is 39.9 Å². The first kappa shape index (κ1) is 59.4. The molecule has 15 nitrogen and oxygen atoms in total. The zero-order chi connectivity index (χ0) is 53.9. The molecule has 18 heteroatoms. The highest BCUT2D eigenvalue weighted by molar-refractivity contribution is 6.32. The number of likely N-dealkylation sites (N-methyl/N-ethyl adjacent to an activating group) is 2. The summed E-state index contributed by atoms with van der Waals surface area (Å²) in [6, 6.07) is 40.9. The van der Waals surface area contributed by atoms with Gasteiger partial charge in [0.25, 0.3) is 5.91 Å². The maximum atomic E-state index is 13.0. The van der Waals surface area contributed by atoms with Gasteiger partial charge in [-0.2, -0.15) is 0 Å². The van der Waals surface area contributed by atoms with E-state index in [4.69, 9.17) is 33.0 Å². The minimum atomic E-state index is -1.04. The number of rotatable bonds is 14. The number of hydrogen-bond donors (Lipinski definition) is 6. The lowest BCUT2D eigenvalue weighted by molar-refractivity contribution is -0.143. The number of halogens is 3. The highest BCUT2D eigenvalue weighted by atomic mass is 35.5. The van der Waals surface area contributed by atoms with Crippen molar-refractivity contribution in [1.29, 1.82) is 0 Å². The van der Waals surface area contributed by atoms with E-state index in [1.807, 2.05) is 48.5 Å². The van der Waals surface area contributed by atoms with Gasteiger partial charge in [-0.15, -0.1) is 12.4 Å². The number of aromatic carboxylic acids is 1. The van der Waals surface area contributed by atoms with Crippen LogP contribution in [0.4, 0.5) is 9.59 Å². The Morgan fingerprint density at radius 2 is 0.934 bits per heavy atom. The van der Waals surface area contributed by atoms with E-state index in [2.05, 4.69) is 79.9 Å². The van der Waals surface area contributed by atoms with E-state index in [-0.39, 0.29) is 80.2 Å². The zero-order valence-corrected chi connectivity index (χ0v) is 45.1. The second kappa shape index (κ2) is 29.6. The third kappa shape index (κ3) is 16.5. The number of benzene rings is 6. The number of hydrogen-bond acceptors (Lipinski definition) is 9. The van der Waals surface area contributed by atoms with Crippen LogP contribution in [0.2, 0.25) is 10.0 Å². The summed E-state index contributed by atoms with van der Waals surface area (Å²) in [4.78, 5) is 72.7. The number of carboxylic acid groups (broad SMARTS) is 1. The normalized spacial score (nSPS) is 12.1. The molecule has 8 rings (SSSR count). The molecule has 0 bridgehead atoms. The van der Waals surface area contributed by atoms with Crippen LogP contribution in [0.3, 0.4) is 0 Å². The lowest BCUT2D eigenvalue weighted by atomic mass is 9.95. The van der Waals surface area contributed by atoms with Crippen LogP contribution in [0.5, 0.6) is 0 Å². The highest BCUT2D eigenvalue weighted by Gasteiger charge is 2.27. The predicted molar refractivity (Wildman–Crippen MR) is 296 cm³/mol. The van der Waals surface area contributed by atoms with Crippen LogP contribution >= 0.6 is 35.6 Å². The number of carbonyl (C=O) groups excluding carboxylic acids is 5. The number of carbonyl (C=O) groups is 6. The smallest absolute Gasteiger partial charge is 0.335 e. The number of aryl methyl sites for hydroxylation is 4. The molecule has 6 aromatic carbocycles. The third-order valence-corrected chi connectivity index (χ3v) is 13.2. The Balaban J connectivity index is 0.000000246.